The Hall–Kier alpha value is -1.44. The van der Waals surface area contributed by atoms with Gasteiger partial charge in [-0.25, -0.2) is 0 Å². The molecular formula is C13H12ClN5S2. The van der Waals surface area contributed by atoms with Crippen LogP contribution in [0.25, 0.3) is 5.69 Å². The maximum Gasteiger partial charge on any atom is 0.196 e. The van der Waals surface area contributed by atoms with Crippen LogP contribution in [0.2, 0.25) is 4.34 Å². The lowest BCUT2D eigenvalue weighted by Crippen LogP contribution is -1.98. The molecule has 0 aliphatic heterocycles. The average Bonchev–Trinajstić information content (AvgIpc) is 3.05. The molecule has 0 unspecified atom stereocenters. The van der Waals surface area contributed by atoms with Crippen molar-refractivity contribution in [3.8, 4) is 5.69 Å². The van der Waals surface area contributed by atoms with Gasteiger partial charge >= 0.3 is 0 Å². The van der Waals surface area contributed by atoms with Crippen molar-refractivity contribution in [2.24, 2.45) is 0 Å². The van der Waals surface area contributed by atoms with Crippen LogP contribution in [0.3, 0.4) is 0 Å². The maximum absolute atomic E-state index is 6.02. The fraction of sp³-hybridized carbons (Fsp3) is 0.231. The van der Waals surface area contributed by atoms with E-state index in [2.05, 4.69) is 51.8 Å². The standard InChI is InChI=1S/C13H12ClN5S2/c1-8-3-4-11(9(2)5-8)19-7-15-17-13(19)20-6-10-12(14)21-18-16-10/h3-5,7H,6H2,1-2H3. The van der Waals surface area contributed by atoms with E-state index in [1.165, 1.54) is 22.7 Å². The van der Waals surface area contributed by atoms with E-state index >= 15 is 0 Å². The molecule has 0 spiro atoms. The molecule has 2 aromatic heterocycles. The second-order valence-electron chi connectivity index (χ2n) is 4.56. The van der Waals surface area contributed by atoms with Gasteiger partial charge in [0.15, 0.2) is 5.16 Å². The zero-order valence-electron chi connectivity index (χ0n) is 11.4. The zero-order chi connectivity index (χ0) is 14.8. The molecule has 8 heteroatoms. The zero-order valence-corrected chi connectivity index (χ0v) is 13.8. The molecule has 0 aliphatic rings. The van der Waals surface area contributed by atoms with Gasteiger partial charge in [0.1, 0.15) is 16.4 Å². The van der Waals surface area contributed by atoms with Crippen molar-refractivity contribution in [1.82, 2.24) is 24.4 Å². The van der Waals surface area contributed by atoms with Gasteiger partial charge in [0, 0.05) is 17.3 Å². The molecule has 0 radical (unpaired) electrons. The van der Waals surface area contributed by atoms with Gasteiger partial charge in [-0.15, -0.1) is 15.3 Å². The number of hydrogen-bond acceptors (Lipinski definition) is 6. The first-order valence-electron chi connectivity index (χ1n) is 6.22. The van der Waals surface area contributed by atoms with E-state index < -0.39 is 0 Å². The minimum Gasteiger partial charge on any atom is -0.276 e. The molecule has 0 saturated carbocycles. The van der Waals surface area contributed by atoms with Gasteiger partial charge in [-0.3, -0.25) is 4.57 Å². The number of nitrogens with zero attached hydrogens (tertiary/aromatic N) is 5. The van der Waals surface area contributed by atoms with Gasteiger partial charge in [0.25, 0.3) is 0 Å². The molecule has 0 amide bonds. The molecule has 0 saturated heterocycles. The Morgan fingerprint density at radius 1 is 1.29 bits per heavy atom. The number of thioether (sulfide) groups is 1. The molecule has 0 N–H and O–H groups in total. The van der Waals surface area contributed by atoms with Crippen LogP contribution >= 0.6 is 34.9 Å². The van der Waals surface area contributed by atoms with E-state index in [4.69, 9.17) is 11.6 Å². The van der Waals surface area contributed by atoms with Crippen LogP contribution in [-0.4, -0.2) is 24.4 Å². The van der Waals surface area contributed by atoms with Crippen molar-refractivity contribution in [1.29, 1.82) is 0 Å². The summed E-state index contributed by atoms with van der Waals surface area (Å²) in [6.07, 6.45) is 1.72. The number of halogens is 1. The highest BCUT2D eigenvalue weighted by molar-refractivity contribution is 7.98. The molecule has 21 heavy (non-hydrogen) atoms. The van der Waals surface area contributed by atoms with Crippen LogP contribution in [-0.2, 0) is 5.75 Å². The minimum absolute atomic E-state index is 0.624. The van der Waals surface area contributed by atoms with E-state index in [1.807, 2.05) is 4.57 Å². The van der Waals surface area contributed by atoms with Crippen LogP contribution in [0.5, 0.6) is 0 Å². The number of aryl methyl sites for hydroxylation is 2. The second kappa shape index (κ2) is 6.13. The molecule has 0 aliphatic carbocycles. The smallest absolute Gasteiger partial charge is 0.196 e. The lowest BCUT2D eigenvalue weighted by Gasteiger charge is -2.09. The molecule has 1 aromatic carbocycles. The second-order valence-corrected chi connectivity index (χ2v) is 6.85. The maximum atomic E-state index is 6.02. The molecule has 108 valence electrons. The molecule has 3 aromatic rings. The lowest BCUT2D eigenvalue weighted by molar-refractivity contribution is 0.876. The summed E-state index contributed by atoms with van der Waals surface area (Å²) in [6.45, 7) is 4.16. The fourth-order valence-corrected chi connectivity index (χ4v) is 3.63. The average molecular weight is 338 g/mol. The highest BCUT2D eigenvalue weighted by Gasteiger charge is 2.12. The Morgan fingerprint density at radius 2 is 2.14 bits per heavy atom. The van der Waals surface area contributed by atoms with Gasteiger partial charge in [-0.1, -0.05) is 45.5 Å². The fourth-order valence-electron chi connectivity index (χ4n) is 1.98. The quantitative estimate of drug-likeness (QED) is 0.680. The Bertz CT molecular complexity index is 768. The number of rotatable bonds is 4. The van der Waals surface area contributed by atoms with Crippen molar-refractivity contribution in [2.75, 3.05) is 0 Å². The predicted molar refractivity (Wildman–Crippen MR) is 85.3 cm³/mol. The summed E-state index contributed by atoms with van der Waals surface area (Å²) < 4.78 is 6.43. The van der Waals surface area contributed by atoms with E-state index in [1.54, 1.807) is 18.1 Å². The van der Waals surface area contributed by atoms with Crippen molar-refractivity contribution >= 4 is 34.9 Å². The summed E-state index contributed by atoms with van der Waals surface area (Å²) in [4.78, 5) is 0. The summed E-state index contributed by atoms with van der Waals surface area (Å²) in [5, 5.41) is 13.0. The predicted octanol–water partition coefficient (Wildman–Crippen LogP) is 3.68. The van der Waals surface area contributed by atoms with Gasteiger partial charge < -0.3 is 0 Å². The van der Waals surface area contributed by atoms with Crippen molar-refractivity contribution in [3.05, 3.63) is 45.7 Å². The van der Waals surface area contributed by atoms with Crippen molar-refractivity contribution < 1.29 is 0 Å². The molecule has 0 bridgehead atoms. The normalized spacial score (nSPS) is 11.0. The van der Waals surface area contributed by atoms with Crippen LogP contribution in [0.1, 0.15) is 16.8 Å². The Morgan fingerprint density at radius 3 is 2.86 bits per heavy atom. The molecule has 0 fully saturated rings. The summed E-state index contributed by atoms with van der Waals surface area (Å²) in [5.41, 5.74) is 4.28. The van der Waals surface area contributed by atoms with Crippen LogP contribution in [0.15, 0.2) is 29.7 Å². The lowest BCUT2D eigenvalue weighted by atomic mass is 10.1. The van der Waals surface area contributed by atoms with Crippen molar-refractivity contribution in [3.63, 3.8) is 0 Å². The van der Waals surface area contributed by atoms with Gasteiger partial charge in [0.2, 0.25) is 0 Å². The Labute approximate surface area is 135 Å². The monoisotopic (exact) mass is 337 g/mol. The topological polar surface area (TPSA) is 56.5 Å². The third-order valence-electron chi connectivity index (χ3n) is 2.98. The Kier molecular flexibility index (Phi) is 4.23. The number of hydrogen-bond donors (Lipinski definition) is 0. The third-order valence-corrected chi connectivity index (χ3v) is 4.91. The summed E-state index contributed by atoms with van der Waals surface area (Å²) in [5.74, 6) is 0.624. The Balaban J connectivity index is 1.85. The largest absolute Gasteiger partial charge is 0.276 e. The van der Waals surface area contributed by atoms with Crippen LogP contribution in [0.4, 0.5) is 0 Å². The van der Waals surface area contributed by atoms with Gasteiger partial charge in [0.05, 0.1) is 5.69 Å². The highest BCUT2D eigenvalue weighted by atomic mass is 35.5. The SMILES string of the molecule is Cc1ccc(-n2cnnc2SCc2nnsc2Cl)c(C)c1. The molecule has 0 atom stereocenters. The molecular weight excluding hydrogens is 326 g/mol. The van der Waals surface area contributed by atoms with Crippen LogP contribution in [0, 0.1) is 13.8 Å². The molecule has 3 rings (SSSR count). The first-order valence-corrected chi connectivity index (χ1v) is 8.36. The first-order chi connectivity index (χ1) is 10.1. The number of benzene rings is 1. The van der Waals surface area contributed by atoms with E-state index in [9.17, 15) is 0 Å². The minimum atomic E-state index is 0.624. The van der Waals surface area contributed by atoms with Crippen molar-refractivity contribution in [2.45, 2.75) is 24.8 Å². The van der Waals surface area contributed by atoms with E-state index in [0.717, 1.165) is 16.5 Å². The third kappa shape index (κ3) is 3.09. The summed E-state index contributed by atoms with van der Waals surface area (Å²) >= 11 is 8.75. The molecule has 2 heterocycles. The number of aromatic nitrogens is 5. The van der Waals surface area contributed by atoms with Crippen LogP contribution < -0.4 is 0 Å². The first kappa shape index (κ1) is 14.5. The van der Waals surface area contributed by atoms with Gasteiger partial charge in [-0.2, -0.15) is 0 Å². The summed E-state index contributed by atoms with van der Waals surface area (Å²) in [6, 6.07) is 6.30. The molecule has 5 nitrogen and oxygen atoms in total. The highest BCUT2D eigenvalue weighted by Crippen LogP contribution is 2.28. The summed E-state index contributed by atoms with van der Waals surface area (Å²) in [7, 11) is 0. The van der Waals surface area contributed by atoms with Gasteiger partial charge in [-0.05, 0) is 25.5 Å². The van der Waals surface area contributed by atoms with E-state index in [0.29, 0.717) is 10.1 Å². The van der Waals surface area contributed by atoms with E-state index in [-0.39, 0.29) is 0 Å².